The normalized spacial score (nSPS) is 15.5. The van der Waals surface area contributed by atoms with Crippen LogP contribution >= 0.6 is 11.3 Å². The molecule has 1 aromatic heterocycles. The first kappa shape index (κ1) is 23.0. The molecule has 1 aliphatic rings. The third kappa shape index (κ3) is 4.51. The van der Waals surface area contributed by atoms with Crippen LogP contribution in [0.4, 0.5) is 10.7 Å². The molecule has 3 aromatic rings. The highest BCUT2D eigenvalue weighted by Crippen LogP contribution is 2.39. The standard InChI is InChI=1S/C24H25N3O4S2/c1-15-8-13-19-20(14-15)32-24(21(19)22(25)28)26-23(29)16-9-11-18(12-10-16)33(30,31)27(2)17-6-4-3-5-7-17/h3-7,9-12,15H,8,13-14H2,1-2H3,(H2,25,28)(H,26,29)/t15-/m1/s1. The third-order valence-corrected chi connectivity index (χ3v) is 8.85. The Morgan fingerprint density at radius 3 is 2.39 bits per heavy atom. The minimum Gasteiger partial charge on any atom is -0.365 e. The molecule has 2 aromatic carbocycles. The first-order valence-electron chi connectivity index (χ1n) is 10.6. The summed E-state index contributed by atoms with van der Waals surface area (Å²) in [6.07, 6.45) is 2.60. The zero-order valence-corrected chi connectivity index (χ0v) is 20.0. The molecule has 0 saturated heterocycles. The van der Waals surface area contributed by atoms with E-state index >= 15 is 0 Å². The summed E-state index contributed by atoms with van der Waals surface area (Å²) in [4.78, 5) is 26.1. The second kappa shape index (κ2) is 8.99. The first-order chi connectivity index (χ1) is 15.7. The summed E-state index contributed by atoms with van der Waals surface area (Å²) in [5.41, 5.74) is 7.77. The highest BCUT2D eigenvalue weighted by molar-refractivity contribution is 7.92. The number of nitrogens with zero attached hydrogens (tertiary/aromatic N) is 1. The summed E-state index contributed by atoms with van der Waals surface area (Å²) >= 11 is 1.39. The lowest BCUT2D eigenvalue weighted by Crippen LogP contribution is -2.26. The molecule has 0 unspecified atom stereocenters. The van der Waals surface area contributed by atoms with Gasteiger partial charge in [-0.1, -0.05) is 25.1 Å². The quantitative estimate of drug-likeness (QED) is 0.551. The lowest BCUT2D eigenvalue weighted by molar-refractivity contribution is 0.1000. The fourth-order valence-corrected chi connectivity index (χ4v) is 6.59. The molecule has 1 heterocycles. The summed E-state index contributed by atoms with van der Waals surface area (Å²) in [5.74, 6) is -0.462. The zero-order valence-electron chi connectivity index (χ0n) is 18.4. The van der Waals surface area contributed by atoms with Gasteiger partial charge in [-0.2, -0.15) is 0 Å². The lowest BCUT2D eigenvalue weighted by atomic mass is 9.88. The maximum absolute atomic E-state index is 12.9. The molecule has 0 radical (unpaired) electrons. The van der Waals surface area contributed by atoms with E-state index < -0.39 is 21.8 Å². The van der Waals surface area contributed by atoms with E-state index in [0.29, 0.717) is 22.2 Å². The Morgan fingerprint density at radius 2 is 1.76 bits per heavy atom. The number of thiophene rings is 1. The Balaban J connectivity index is 1.56. The number of rotatable bonds is 6. The maximum atomic E-state index is 12.9. The van der Waals surface area contributed by atoms with Crippen molar-refractivity contribution in [2.45, 2.75) is 31.1 Å². The number of hydrogen-bond acceptors (Lipinski definition) is 5. The summed E-state index contributed by atoms with van der Waals surface area (Å²) in [6, 6.07) is 14.5. The number of hydrogen-bond donors (Lipinski definition) is 2. The molecule has 1 atom stereocenters. The van der Waals surface area contributed by atoms with E-state index in [4.69, 9.17) is 5.73 Å². The maximum Gasteiger partial charge on any atom is 0.264 e. The zero-order chi connectivity index (χ0) is 23.8. The Hall–Kier alpha value is -3.17. The van der Waals surface area contributed by atoms with Gasteiger partial charge in [-0.25, -0.2) is 8.42 Å². The van der Waals surface area contributed by atoms with Gasteiger partial charge in [0.05, 0.1) is 16.1 Å². The number of anilines is 2. The first-order valence-corrected chi connectivity index (χ1v) is 12.8. The van der Waals surface area contributed by atoms with Crippen LogP contribution in [-0.4, -0.2) is 27.3 Å². The average molecular weight is 484 g/mol. The number of sulfonamides is 1. The van der Waals surface area contributed by atoms with Crippen LogP contribution < -0.4 is 15.4 Å². The van der Waals surface area contributed by atoms with Crippen LogP contribution in [0.25, 0.3) is 0 Å². The predicted molar refractivity (Wildman–Crippen MR) is 130 cm³/mol. The Bertz CT molecular complexity index is 1300. The van der Waals surface area contributed by atoms with Gasteiger partial charge in [0, 0.05) is 17.5 Å². The molecule has 0 saturated carbocycles. The van der Waals surface area contributed by atoms with Crippen molar-refractivity contribution in [2.75, 3.05) is 16.7 Å². The molecule has 0 aliphatic heterocycles. The average Bonchev–Trinajstić information content (AvgIpc) is 3.16. The van der Waals surface area contributed by atoms with Crippen molar-refractivity contribution in [1.29, 1.82) is 0 Å². The van der Waals surface area contributed by atoms with E-state index in [-0.39, 0.29) is 10.5 Å². The van der Waals surface area contributed by atoms with Gasteiger partial charge in [0.1, 0.15) is 5.00 Å². The van der Waals surface area contributed by atoms with Crippen molar-refractivity contribution >= 4 is 43.9 Å². The second-order valence-corrected chi connectivity index (χ2v) is 11.3. The minimum absolute atomic E-state index is 0.0730. The van der Waals surface area contributed by atoms with E-state index in [1.54, 1.807) is 24.3 Å². The van der Waals surface area contributed by atoms with Crippen molar-refractivity contribution in [2.24, 2.45) is 11.7 Å². The molecule has 33 heavy (non-hydrogen) atoms. The van der Waals surface area contributed by atoms with Gasteiger partial charge < -0.3 is 11.1 Å². The van der Waals surface area contributed by atoms with Crippen LogP contribution in [0.5, 0.6) is 0 Å². The van der Waals surface area contributed by atoms with E-state index in [9.17, 15) is 18.0 Å². The summed E-state index contributed by atoms with van der Waals surface area (Å²) < 4.78 is 27.1. The highest BCUT2D eigenvalue weighted by atomic mass is 32.2. The molecule has 3 N–H and O–H groups in total. The van der Waals surface area contributed by atoms with Gasteiger partial charge in [0.25, 0.3) is 21.8 Å². The van der Waals surface area contributed by atoms with Crippen LogP contribution in [0.1, 0.15) is 44.5 Å². The largest absolute Gasteiger partial charge is 0.365 e. The number of para-hydroxylation sites is 1. The summed E-state index contributed by atoms with van der Waals surface area (Å²) in [5, 5.41) is 3.26. The Kier molecular flexibility index (Phi) is 6.27. The molecule has 0 spiro atoms. The van der Waals surface area contributed by atoms with Gasteiger partial charge in [-0.3, -0.25) is 13.9 Å². The van der Waals surface area contributed by atoms with Gasteiger partial charge >= 0.3 is 0 Å². The topological polar surface area (TPSA) is 110 Å². The Labute approximate surface area is 197 Å². The number of amides is 2. The molecular formula is C24H25N3O4S2. The van der Waals surface area contributed by atoms with E-state index in [2.05, 4.69) is 12.2 Å². The van der Waals surface area contributed by atoms with Crippen molar-refractivity contribution in [3.05, 3.63) is 76.2 Å². The molecule has 0 bridgehead atoms. The van der Waals surface area contributed by atoms with Crippen LogP contribution in [-0.2, 0) is 22.9 Å². The predicted octanol–water partition coefficient (Wildman–Crippen LogP) is 4.05. The molecule has 7 nitrogen and oxygen atoms in total. The molecule has 2 amide bonds. The smallest absolute Gasteiger partial charge is 0.264 e. The fourth-order valence-electron chi connectivity index (χ4n) is 3.99. The Morgan fingerprint density at radius 1 is 1.09 bits per heavy atom. The van der Waals surface area contributed by atoms with Crippen molar-refractivity contribution in [3.63, 3.8) is 0 Å². The van der Waals surface area contributed by atoms with Crippen molar-refractivity contribution in [3.8, 4) is 0 Å². The van der Waals surface area contributed by atoms with Gasteiger partial charge in [0.2, 0.25) is 0 Å². The van der Waals surface area contributed by atoms with E-state index in [0.717, 1.165) is 29.7 Å². The number of carbonyl (C=O) groups excluding carboxylic acids is 2. The van der Waals surface area contributed by atoms with Crippen LogP contribution in [0.2, 0.25) is 0 Å². The van der Waals surface area contributed by atoms with Gasteiger partial charge in [-0.05, 0) is 67.1 Å². The van der Waals surface area contributed by atoms with E-state index in [1.165, 1.54) is 47.0 Å². The minimum atomic E-state index is -3.78. The molecule has 4 rings (SSSR count). The van der Waals surface area contributed by atoms with Crippen molar-refractivity contribution in [1.82, 2.24) is 0 Å². The van der Waals surface area contributed by atoms with Crippen LogP contribution in [0.3, 0.4) is 0 Å². The summed E-state index contributed by atoms with van der Waals surface area (Å²) in [6.45, 7) is 2.16. The molecular weight excluding hydrogens is 458 g/mol. The summed E-state index contributed by atoms with van der Waals surface area (Å²) in [7, 11) is -2.29. The van der Waals surface area contributed by atoms with Crippen LogP contribution in [0.15, 0.2) is 59.5 Å². The number of nitrogens with one attached hydrogen (secondary N) is 1. The monoisotopic (exact) mass is 483 g/mol. The second-order valence-electron chi connectivity index (χ2n) is 8.21. The highest BCUT2D eigenvalue weighted by Gasteiger charge is 2.27. The fraction of sp³-hybridized carbons (Fsp3) is 0.250. The number of primary amides is 1. The third-order valence-electron chi connectivity index (χ3n) is 5.88. The van der Waals surface area contributed by atoms with E-state index in [1.807, 2.05) is 6.07 Å². The lowest BCUT2D eigenvalue weighted by Gasteiger charge is -2.19. The van der Waals surface area contributed by atoms with Gasteiger partial charge in [-0.15, -0.1) is 11.3 Å². The number of benzene rings is 2. The number of nitrogens with two attached hydrogens (primary N) is 1. The molecule has 9 heteroatoms. The SMILES string of the molecule is C[C@@H]1CCc2c(sc(NC(=O)c3ccc(S(=O)(=O)N(C)c4ccccc4)cc3)c2C(N)=O)C1. The molecule has 0 fully saturated rings. The van der Waals surface area contributed by atoms with Crippen LogP contribution in [0, 0.1) is 5.92 Å². The van der Waals surface area contributed by atoms with Crippen molar-refractivity contribution < 1.29 is 18.0 Å². The number of fused-ring (bicyclic) bond motifs is 1. The van der Waals surface area contributed by atoms with Gasteiger partial charge in [0.15, 0.2) is 0 Å². The molecule has 1 aliphatic carbocycles. The number of carbonyl (C=O) groups is 2. The molecule has 172 valence electrons.